The van der Waals surface area contributed by atoms with Crippen molar-refractivity contribution in [1.29, 1.82) is 0 Å². The Balaban J connectivity index is 2.52. The van der Waals surface area contributed by atoms with E-state index in [1.807, 2.05) is 24.3 Å². The van der Waals surface area contributed by atoms with Crippen LogP contribution in [-0.2, 0) is 0 Å². The minimum atomic E-state index is 0.520. The average molecular weight is 229 g/mol. The van der Waals surface area contributed by atoms with Gasteiger partial charge in [0.2, 0.25) is 11.5 Å². The quantitative estimate of drug-likeness (QED) is 0.670. The van der Waals surface area contributed by atoms with Crippen LogP contribution in [0.4, 0.5) is 0 Å². The van der Waals surface area contributed by atoms with Gasteiger partial charge in [-0.2, -0.15) is 0 Å². The minimum absolute atomic E-state index is 0.520. The molecule has 0 unspecified atom stereocenters. The number of pyridine rings is 1. The van der Waals surface area contributed by atoms with Crippen molar-refractivity contribution < 1.29 is 9.57 Å². The van der Waals surface area contributed by atoms with E-state index < -0.39 is 0 Å². The van der Waals surface area contributed by atoms with E-state index in [0.717, 1.165) is 16.2 Å². The predicted molar refractivity (Wildman–Crippen MR) is 64.1 cm³/mol. The summed E-state index contributed by atoms with van der Waals surface area (Å²) in [7, 11) is 3.13. The van der Waals surface area contributed by atoms with E-state index in [1.54, 1.807) is 20.4 Å². The van der Waals surface area contributed by atoms with Gasteiger partial charge in [0.25, 0.3) is 0 Å². The van der Waals surface area contributed by atoms with Crippen molar-refractivity contribution in [3.8, 4) is 5.88 Å². The fourth-order valence-electron chi connectivity index (χ4n) is 1.96. The molecule has 0 spiro atoms. The molecule has 0 saturated heterocycles. The van der Waals surface area contributed by atoms with Crippen molar-refractivity contribution in [1.82, 2.24) is 14.9 Å². The van der Waals surface area contributed by atoms with Gasteiger partial charge in [-0.15, -0.1) is 0 Å². The maximum absolute atomic E-state index is 5.27. The van der Waals surface area contributed by atoms with E-state index in [9.17, 15) is 0 Å². The Morgan fingerprint density at radius 2 is 2.00 bits per heavy atom. The Kier molecular flexibility index (Phi) is 2.11. The van der Waals surface area contributed by atoms with Crippen molar-refractivity contribution in [2.75, 3.05) is 14.2 Å². The van der Waals surface area contributed by atoms with Crippen LogP contribution < -0.4 is 9.57 Å². The number of ether oxygens (including phenoxy) is 1. The SMILES string of the molecule is COc1nn(OC)c2ncc3ccccc3c12. The third kappa shape index (κ3) is 1.32. The second-order valence-corrected chi connectivity index (χ2v) is 3.61. The molecule has 0 atom stereocenters. The first kappa shape index (κ1) is 9.89. The molecule has 0 radical (unpaired) electrons. The monoisotopic (exact) mass is 229 g/mol. The molecule has 0 bridgehead atoms. The first-order chi connectivity index (χ1) is 8.35. The van der Waals surface area contributed by atoms with Crippen LogP contribution in [0.25, 0.3) is 21.8 Å². The van der Waals surface area contributed by atoms with Crippen molar-refractivity contribution in [3.05, 3.63) is 30.5 Å². The van der Waals surface area contributed by atoms with Gasteiger partial charge in [0.05, 0.1) is 12.5 Å². The van der Waals surface area contributed by atoms with Gasteiger partial charge in [-0.05, 0) is 5.39 Å². The number of benzene rings is 1. The van der Waals surface area contributed by atoms with E-state index in [-0.39, 0.29) is 0 Å². The van der Waals surface area contributed by atoms with Crippen LogP contribution in [0.15, 0.2) is 30.5 Å². The minimum Gasteiger partial charge on any atom is -0.479 e. The Morgan fingerprint density at radius 1 is 1.18 bits per heavy atom. The molecule has 0 aliphatic carbocycles. The lowest BCUT2D eigenvalue weighted by Crippen LogP contribution is -2.07. The standard InChI is InChI=1S/C12H11N3O2/c1-16-12-10-9-6-4-3-5-8(9)7-13-11(10)15(14-12)17-2/h3-7H,1-2H3. The smallest absolute Gasteiger partial charge is 0.246 e. The van der Waals surface area contributed by atoms with Gasteiger partial charge in [0.1, 0.15) is 7.11 Å². The topological polar surface area (TPSA) is 49.2 Å². The lowest BCUT2D eigenvalue weighted by molar-refractivity contribution is 0.139. The number of rotatable bonds is 2. The van der Waals surface area contributed by atoms with Crippen LogP contribution in [0.5, 0.6) is 5.88 Å². The largest absolute Gasteiger partial charge is 0.479 e. The summed E-state index contributed by atoms with van der Waals surface area (Å²) in [5.74, 6) is 0.520. The van der Waals surface area contributed by atoms with Gasteiger partial charge < -0.3 is 9.57 Å². The van der Waals surface area contributed by atoms with E-state index in [0.29, 0.717) is 11.5 Å². The van der Waals surface area contributed by atoms with Crippen LogP contribution in [0.2, 0.25) is 0 Å². The lowest BCUT2D eigenvalue weighted by Gasteiger charge is -2.00. The molecule has 0 amide bonds. The second kappa shape index (κ2) is 3.62. The molecule has 2 aromatic heterocycles. The van der Waals surface area contributed by atoms with E-state index in [4.69, 9.17) is 9.57 Å². The third-order valence-electron chi connectivity index (χ3n) is 2.72. The predicted octanol–water partition coefficient (Wildman–Crippen LogP) is 1.65. The molecule has 0 saturated carbocycles. The Hall–Kier alpha value is -2.30. The molecule has 0 fully saturated rings. The van der Waals surface area contributed by atoms with Gasteiger partial charge in [-0.25, -0.2) is 4.98 Å². The van der Waals surface area contributed by atoms with Gasteiger partial charge in [0, 0.05) is 11.6 Å². The number of methoxy groups -OCH3 is 1. The van der Waals surface area contributed by atoms with E-state index in [2.05, 4.69) is 10.1 Å². The highest BCUT2D eigenvalue weighted by molar-refractivity contribution is 6.07. The highest BCUT2D eigenvalue weighted by Gasteiger charge is 2.15. The summed E-state index contributed by atoms with van der Waals surface area (Å²) in [6, 6.07) is 7.98. The third-order valence-corrected chi connectivity index (χ3v) is 2.72. The number of nitrogens with zero attached hydrogens (tertiary/aromatic N) is 3. The summed E-state index contributed by atoms with van der Waals surface area (Å²) < 4.78 is 5.27. The highest BCUT2D eigenvalue weighted by Crippen LogP contribution is 2.30. The molecule has 3 aromatic rings. The second-order valence-electron chi connectivity index (χ2n) is 3.61. The number of hydrogen-bond acceptors (Lipinski definition) is 4. The zero-order chi connectivity index (χ0) is 11.8. The molecule has 0 aliphatic rings. The van der Waals surface area contributed by atoms with Gasteiger partial charge in [0.15, 0.2) is 0 Å². The Labute approximate surface area is 97.5 Å². The number of fused-ring (bicyclic) bond motifs is 3. The molecule has 1 aromatic carbocycles. The first-order valence-electron chi connectivity index (χ1n) is 5.20. The van der Waals surface area contributed by atoms with Crippen LogP contribution in [-0.4, -0.2) is 29.1 Å². The number of aromatic nitrogens is 3. The maximum Gasteiger partial charge on any atom is 0.246 e. The molecule has 17 heavy (non-hydrogen) atoms. The Morgan fingerprint density at radius 3 is 2.76 bits per heavy atom. The fraction of sp³-hybridized carbons (Fsp3) is 0.167. The first-order valence-corrected chi connectivity index (χ1v) is 5.20. The lowest BCUT2D eigenvalue weighted by atomic mass is 10.1. The molecule has 0 N–H and O–H groups in total. The summed E-state index contributed by atoms with van der Waals surface area (Å²) in [6.07, 6.45) is 1.80. The van der Waals surface area contributed by atoms with Gasteiger partial charge >= 0.3 is 0 Å². The molecular formula is C12H11N3O2. The van der Waals surface area contributed by atoms with Crippen molar-refractivity contribution in [3.63, 3.8) is 0 Å². The van der Waals surface area contributed by atoms with E-state index >= 15 is 0 Å². The molecule has 0 aliphatic heterocycles. The maximum atomic E-state index is 5.27. The van der Waals surface area contributed by atoms with Crippen LogP contribution >= 0.6 is 0 Å². The zero-order valence-corrected chi connectivity index (χ0v) is 9.54. The molecule has 86 valence electrons. The normalized spacial score (nSPS) is 10.9. The molecule has 5 nitrogen and oxygen atoms in total. The molecule has 2 heterocycles. The average Bonchev–Trinajstić information content (AvgIpc) is 2.77. The van der Waals surface area contributed by atoms with E-state index in [1.165, 1.54) is 4.85 Å². The summed E-state index contributed by atoms with van der Waals surface area (Å²) >= 11 is 0. The summed E-state index contributed by atoms with van der Waals surface area (Å²) in [5.41, 5.74) is 0.656. The van der Waals surface area contributed by atoms with Gasteiger partial charge in [-0.3, -0.25) is 0 Å². The molecule has 5 heteroatoms. The zero-order valence-electron chi connectivity index (χ0n) is 9.54. The molecular weight excluding hydrogens is 218 g/mol. The fourth-order valence-corrected chi connectivity index (χ4v) is 1.96. The number of hydrogen-bond donors (Lipinski definition) is 0. The summed E-state index contributed by atoms with van der Waals surface area (Å²) in [6.45, 7) is 0. The van der Waals surface area contributed by atoms with Crippen molar-refractivity contribution >= 4 is 21.8 Å². The highest BCUT2D eigenvalue weighted by atomic mass is 16.7. The molecule has 3 rings (SSSR count). The van der Waals surface area contributed by atoms with Crippen molar-refractivity contribution in [2.45, 2.75) is 0 Å². The van der Waals surface area contributed by atoms with Crippen LogP contribution in [0.3, 0.4) is 0 Å². The van der Waals surface area contributed by atoms with Gasteiger partial charge in [-0.1, -0.05) is 34.2 Å². The van der Waals surface area contributed by atoms with Crippen molar-refractivity contribution in [2.24, 2.45) is 0 Å². The van der Waals surface area contributed by atoms with Crippen LogP contribution in [0.1, 0.15) is 0 Å². The van der Waals surface area contributed by atoms with Crippen LogP contribution in [0, 0.1) is 0 Å². The Bertz CT molecular complexity index is 691. The summed E-state index contributed by atoms with van der Waals surface area (Å²) in [5, 5.41) is 7.16. The summed E-state index contributed by atoms with van der Waals surface area (Å²) in [4.78, 5) is 10.8.